The number of nitrogens with two attached hydrogens (primary N) is 1. The number of benzene rings is 1. The van der Waals surface area contributed by atoms with Crippen molar-refractivity contribution in [2.75, 3.05) is 13.6 Å². The van der Waals surface area contributed by atoms with E-state index in [1.54, 1.807) is 0 Å². The van der Waals surface area contributed by atoms with E-state index in [-0.39, 0.29) is 11.9 Å². The molecule has 1 unspecified atom stereocenters. The quantitative estimate of drug-likeness (QED) is 0.860. The maximum absolute atomic E-state index is 14.2. The van der Waals surface area contributed by atoms with Crippen LogP contribution >= 0.6 is 15.9 Å². The van der Waals surface area contributed by atoms with E-state index in [9.17, 15) is 4.39 Å². The van der Waals surface area contributed by atoms with Crippen molar-refractivity contribution in [2.45, 2.75) is 51.6 Å². The minimum Gasteiger partial charge on any atom is -0.329 e. The van der Waals surface area contributed by atoms with Crippen LogP contribution in [0.4, 0.5) is 4.39 Å². The van der Waals surface area contributed by atoms with Gasteiger partial charge < -0.3 is 5.73 Å². The van der Waals surface area contributed by atoms with Crippen molar-refractivity contribution in [3.63, 3.8) is 0 Å². The van der Waals surface area contributed by atoms with Crippen LogP contribution in [0.25, 0.3) is 0 Å². The van der Waals surface area contributed by atoms with Gasteiger partial charge in [0.1, 0.15) is 5.82 Å². The Labute approximate surface area is 136 Å². The summed E-state index contributed by atoms with van der Waals surface area (Å²) in [4.78, 5) is 2.28. The van der Waals surface area contributed by atoms with Gasteiger partial charge in [-0.1, -0.05) is 35.8 Å². The minimum absolute atomic E-state index is 0.0516. The first-order valence-corrected chi connectivity index (χ1v) is 8.50. The third kappa shape index (κ3) is 4.05. The fourth-order valence-electron chi connectivity index (χ4n) is 3.33. The SMILES string of the molecule is CN(C1CCC(C)(C)CC1)C(CN)c1ccc(Br)cc1F. The van der Waals surface area contributed by atoms with Crippen LogP contribution in [-0.4, -0.2) is 24.5 Å². The molecule has 4 heteroatoms. The largest absolute Gasteiger partial charge is 0.329 e. The van der Waals surface area contributed by atoms with Gasteiger partial charge in [-0.15, -0.1) is 0 Å². The summed E-state index contributed by atoms with van der Waals surface area (Å²) in [6, 6.07) is 5.70. The topological polar surface area (TPSA) is 29.3 Å². The van der Waals surface area contributed by atoms with E-state index in [0.29, 0.717) is 23.6 Å². The van der Waals surface area contributed by atoms with E-state index in [2.05, 4.69) is 41.7 Å². The van der Waals surface area contributed by atoms with Crippen molar-refractivity contribution in [1.29, 1.82) is 0 Å². The lowest BCUT2D eigenvalue weighted by molar-refractivity contribution is 0.0953. The fourth-order valence-corrected chi connectivity index (χ4v) is 3.66. The van der Waals surface area contributed by atoms with Gasteiger partial charge in [-0.3, -0.25) is 4.90 Å². The summed E-state index contributed by atoms with van der Waals surface area (Å²) >= 11 is 3.31. The van der Waals surface area contributed by atoms with Gasteiger partial charge in [-0.2, -0.15) is 0 Å². The van der Waals surface area contributed by atoms with Crippen molar-refractivity contribution in [1.82, 2.24) is 4.90 Å². The summed E-state index contributed by atoms with van der Waals surface area (Å²) in [7, 11) is 2.09. The van der Waals surface area contributed by atoms with Gasteiger partial charge >= 0.3 is 0 Å². The Morgan fingerprint density at radius 1 is 1.38 bits per heavy atom. The smallest absolute Gasteiger partial charge is 0.129 e. The molecule has 0 aliphatic heterocycles. The molecular formula is C17H26BrFN2. The molecule has 1 aliphatic carbocycles. The van der Waals surface area contributed by atoms with Crippen LogP contribution in [0.15, 0.2) is 22.7 Å². The molecule has 1 saturated carbocycles. The number of nitrogens with zero attached hydrogens (tertiary/aromatic N) is 1. The highest BCUT2D eigenvalue weighted by Gasteiger charge is 2.32. The number of hydrogen-bond donors (Lipinski definition) is 1. The zero-order valence-electron chi connectivity index (χ0n) is 13.2. The number of rotatable bonds is 4. The zero-order chi connectivity index (χ0) is 15.6. The summed E-state index contributed by atoms with van der Waals surface area (Å²) in [5.74, 6) is -0.178. The van der Waals surface area contributed by atoms with Crippen molar-refractivity contribution < 1.29 is 4.39 Å². The predicted molar refractivity (Wildman–Crippen MR) is 89.7 cm³/mol. The van der Waals surface area contributed by atoms with E-state index >= 15 is 0 Å². The molecule has 1 fully saturated rings. The van der Waals surface area contributed by atoms with Crippen LogP contribution < -0.4 is 5.73 Å². The second-order valence-electron chi connectivity index (χ2n) is 6.98. The molecule has 1 aliphatic rings. The lowest BCUT2D eigenvalue weighted by Gasteiger charge is -2.41. The molecular weight excluding hydrogens is 331 g/mol. The fraction of sp³-hybridized carbons (Fsp3) is 0.647. The van der Waals surface area contributed by atoms with Gasteiger partial charge in [-0.25, -0.2) is 4.39 Å². The first kappa shape index (κ1) is 16.9. The highest BCUT2D eigenvalue weighted by atomic mass is 79.9. The second kappa shape index (κ2) is 6.76. The molecule has 2 N–H and O–H groups in total. The van der Waals surface area contributed by atoms with Crippen molar-refractivity contribution in [3.05, 3.63) is 34.1 Å². The molecule has 21 heavy (non-hydrogen) atoms. The maximum atomic E-state index is 14.2. The molecule has 0 bridgehead atoms. The number of halogens is 2. The highest BCUT2D eigenvalue weighted by molar-refractivity contribution is 9.10. The third-order valence-corrected chi connectivity index (χ3v) is 5.41. The van der Waals surface area contributed by atoms with Crippen LogP contribution in [-0.2, 0) is 0 Å². The normalized spacial score (nSPS) is 20.7. The van der Waals surface area contributed by atoms with Gasteiger partial charge in [0.2, 0.25) is 0 Å². The van der Waals surface area contributed by atoms with E-state index in [1.165, 1.54) is 18.9 Å². The predicted octanol–water partition coefficient (Wildman–Crippen LogP) is 4.49. The Bertz CT molecular complexity index is 480. The Kier molecular flexibility index (Phi) is 5.44. The molecule has 2 nitrogen and oxygen atoms in total. The molecule has 1 aromatic rings. The molecule has 0 heterocycles. The summed E-state index contributed by atoms with van der Waals surface area (Å²) in [5.41, 5.74) is 7.10. The van der Waals surface area contributed by atoms with Crippen LogP contribution in [0, 0.1) is 11.2 Å². The highest BCUT2D eigenvalue weighted by Crippen LogP contribution is 2.38. The monoisotopic (exact) mass is 356 g/mol. The molecule has 0 radical (unpaired) electrons. The standard InChI is InChI=1S/C17H26BrFN2/c1-17(2)8-6-13(7-9-17)21(3)16(11-20)14-5-4-12(18)10-15(14)19/h4-5,10,13,16H,6-9,11,20H2,1-3H3. The first-order chi connectivity index (χ1) is 9.84. The average Bonchev–Trinajstić information content (AvgIpc) is 2.41. The van der Waals surface area contributed by atoms with E-state index in [0.717, 1.165) is 17.3 Å². The van der Waals surface area contributed by atoms with Gasteiger partial charge in [0, 0.05) is 28.7 Å². The first-order valence-electron chi connectivity index (χ1n) is 7.71. The van der Waals surface area contributed by atoms with Crippen molar-refractivity contribution in [3.8, 4) is 0 Å². The van der Waals surface area contributed by atoms with Crippen molar-refractivity contribution >= 4 is 15.9 Å². The van der Waals surface area contributed by atoms with Crippen LogP contribution in [0.1, 0.15) is 51.1 Å². The summed E-state index contributed by atoms with van der Waals surface area (Å²) in [5, 5.41) is 0. The van der Waals surface area contributed by atoms with Gasteiger partial charge in [0.05, 0.1) is 0 Å². The Morgan fingerprint density at radius 2 is 2.00 bits per heavy atom. The van der Waals surface area contributed by atoms with E-state index in [1.807, 2.05) is 12.1 Å². The van der Waals surface area contributed by atoms with E-state index in [4.69, 9.17) is 5.73 Å². The molecule has 0 aromatic heterocycles. The molecule has 0 amide bonds. The summed E-state index contributed by atoms with van der Waals surface area (Å²) in [6.45, 7) is 5.10. The zero-order valence-corrected chi connectivity index (χ0v) is 14.8. The molecule has 0 spiro atoms. The molecule has 118 valence electrons. The van der Waals surface area contributed by atoms with Crippen molar-refractivity contribution in [2.24, 2.45) is 11.1 Å². The van der Waals surface area contributed by atoms with Crippen LogP contribution in [0.3, 0.4) is 0 Å². The van der Waals surface area contributed by atoms with Gasteiger partial charge in [0.25, 0.3) is 0 Å². The average molecular weight is 357 g/mol. The van der Waals surface area contributed by atoms with E-state index < -0.39 is 0 Å². The Hall–Kier alpha value is -0.450. The molecule has 1 aromatic carbocycles. The molecule has 2 rings (SSSR count). The van der Waals surface area contributed by atoms with Gasteiger partial charge in [-0.05, 0) is 50.3 Å². The third-order valence-electron chi connectivity index (χ3n) is 4.92. The number of hydrogen-bond acceptors (Lipinski definition) is 2. The number of likely N-dealkylation sites (N-methyl/N-ethyl adjacent to an activating group) is 1. The summed E-state index contributed by atoms with van der Waals surface area (Å²) in [6.07, 6.45) is 4.78. The van der Waals surface area contributed by atoms with Gasteiger partial charge in [0.15, 0.2) is 0 Å². The minimum atomic E-state index is -0.178. The van der Waals surface area contributed by atoms with Crippen LogP contribution in [0.2, 0.25) is 0 Å². The Morgan fingerprint density at radius 3 is 2.52 bits per heavy atom. The lowest BCUT2D eigenvalue weighted by atomic mass is 9.75. The Balaban J connectivity index is 2.13. The molecule has 1 atom stereocenters. The molecule has 0 saturated heterocycles. The van der Waals surface area contributed by atoms with Crippen LogP contribution in [0.5, 0.6) is 0 Å². The maximum Gasteiger partial charge on any atom is 0.129 e. The lowest BCUT2D eigenvalue weighted by Crippen LogP contribution is -2.42. The second-order valence-corrected chi connectivity index (χ2v) is 7.89. The summed E-state index contributed by atoms with van der Waals surface area (Å²) < 4.78 is 15.0.